The van der Waals surface area contributed by atoms with Crippen LogP contribution in [-0.2, 0) is 0 Å². The van der Waals surface area contributed by atoms with Crippen molar-refractivity contribution in [3.63, 3.8) is 0 Å². The first-order valence-corrected chi connectivity index (χ1v) is 7.52. The molecule has 3 nitrogen and oxygen atoms in total. The first kappa shape index (κ1) is 12.8. The average Bonchev–Trinajstić information content (AvgIpc) is 2.83. The van der Waals surface area contributed by atoms with Crippen molar-refractivity contribution in [1.29, 1.82) is 0 Å². The van der Waals surface area contributed by atoms with E-state index in [1.165, 1.54) is 50.1 Å². The Labute approximate surface area is 116 Å². The Bertz CT molecular complexity index is 430. The average molecular weight is 259 g/mol. The normalized spacial score (nSPS) is 27.1. The Hall–Kier alpha value is -1.22. The summed E-state index contributed by atoms with van der Waals surface area (Å²) in [5, 5.41) is 3.81. The molecule has 0 spiro atoms. The largest absolute Gasteiger partial charge is 0.379 e. The molecule has 0 radical (unpaired) electrons. The Kier molecular flexibility index (Phi) is 3.65. The van der Waals surface area contributed by atoms with E-state index in [1.54, 1.807) is 0 Å². The molecule has 2 heterocycles. The van der Waals surface area contributed by atoms with Crippen LogP contribution in [0.25, 0.3) is 0 Å². The predicted octanol–water partition coefficient (Wildman–Crippen LogP) is 2.79. The Balaban J connectivity index is 1.75. The first-order chi connectivity index (χ1) is 9.25. The lowest BCUT2D eigenvalue weighted by Crippen LogP contribution is -2.41. The summed E-state index contributed by atoms with van der Waals surface area (Å²) < 4.78 is 0. The van der Waals surface area contributed by atoms with E-state index < -0.39 is 0 Å². The lowest BCUT2D eigenvalue weighted by atomic mass is 9.99. The van der Waals surface area contributed by atoms with Gasteiger partial charge in [-0.3, -0.25) is 4.90 Å². The molecule has 1 aromatic rings. The van der Waals surface area contributed by atoms with Crippen LogP contribution in [0, 0.1) is 0 Å². The summed E-state index contributed by atoms with van der Waals surface area (Å²) in [6.45, 7) is 2.57. The maximum Gasteiger partial charge on any atom is 0.0596 e. The van der Waals surface area contributed by atoms with Crippen molar-refractivity contribution in [2.45, 2.75) is 37.8 Å². The van der Waals surface area contributed by atoms with Crippen LogP contribution in [0.4, 0.5) is 11.4 Å². The van der Waals surface area contributed by atoms with Crippen molar-refractivity contribution < 1.29 is 0 Å². The smallest absolute Gasteiger partial charge is 0.0596 e. The monoisotopic (exact) mass is 259 g/mol. The summed E-state index contributed by atoms with van der Waals surface area (Å²) >= 11 is 0. The molecule has 104 valence electrons. The highest BCUT2D eigenvalue weighted by Gasteiger charge is 2.35. The molecule has 1 aromatic carbocycles. The molecule has 2 atom stereocenters. The fourth-order valence-electron chi connectivity index (χ4n) is 3.60. The van der Waals surface area contributed by atoms with Gasteiger partial charge < -0.3 is 10.2 Å². The van der Waals surface area contributed by atoms with E-state index in [1.807, 2.05) is 0 Å². The van der Waals surface area contributed by atoms with Crippen molar-refractivity contribution in [3.05, 3.63) is 24.3 Å². The second-order valence-electron chi connectivity index (χ2n) is 6.05. The number of fused-ring (bicyclic) bond motifs is 1. The van der Waals surface area contributed by atoms with Gasteiger partial charge in [-0.1, -0.05) is 18.6 Å². The number of benzene rings is 1. The van der Waals surface area contributed by atoms with Crippen LogP contribution in [0.5, 0.6) is 0 Å². The van der Waals surface area contributed by atoms with E-state index in [0.717, 1.165) is 6.04 Å². The van der Waals surface area contributed by atoms with Gasteiger partial charge in [0.15, 0.2) is 0 Å². The van der Waals surface area contributed by atoms with Crippen LogP contribution in [0.2, 0.25) is 0 Å². The van der Waals surface area contributed by atoms with Gasteiger partial charge >= 0.3 is 0 Å². The van der Waals surface area contributed by atoms with Crippen LogP contribution in [0.1, 0.15) is 25.7 Å². The molecule has 3 rings (SSSR count). The molecule has 0 amide bonds. The molecule has 2 unspecified atom stereocenters. The van der Waals surface area contributed by atoms with Crippen LogP contribution in [0.3, 0.4) is 0 Å². The second-order valence-corrected chi connectivity index (χ2v) is 6.05. The van der Waals surface area contributed by atoms with Crippen LogP contribution in [0.15, 0.2) is 24.3 Å². The molecule has 2 aliphatic heterocycles. The molecule has 0 aliphatic carbocycles. The van der Waals surface area contributed by atoms with Gasteiger partial charge in [-0.25, -0.2) is 0 Å². The molecular formula is C16H25N3. The minimum Gasteiger partial charge on any atom is -0.379 e. The number of para-hydroxylation sites is 2. The second kappa shape index (κ2) is 5.41. The molecule has 2 fully saturated rings. The predicted molar refractivity (Wildman–Crippen MR) is 82.0 cm³/mol. The van der Waals surface area contributed by atoms with Crippen molar-refractivity contribution in [2.75, 3.05) is 37.4 Å². The van der Waals surface area contributed by atoms with E-state index in [4.69, 9.17) is 0 Å². The summed E-state index contributed by atoms with van der Waals surface area (Å²) in [5.41, 5.74) is 2.57. The SMILES string of the molecule is CN(C)c1ccccc1NC1CCN2CCCCC12. The van der Waals surface area contributed by atoms with Gasteiger partial charge in [0.25, 0.3) is 0 Å². The maximum atomic E-state index is 3.81. The summed E-state index contributed by atoms with van der Waals surface area (Å²) in [5.74, 6) is 0. The van der Waals surface area contributed by atoms with E-state index in [2.05, 4.69) is 53.5 Å². The molecule has 1 N–H and O–H groups in total. The highest BCUT2D eigenvalue weighted by Crippen LogP contribution is 2.32. The summed E-state index contributed by atoms with van der Waals surface area (Å²) in [6, 6.07) is 10.0. The number of hydrogen-bond acceptors (Lipinski definition) is 3. The van der Waals surface area contributed by atoms with Crippen molar-refractivity contribution in [2.24, 2.45) is 0 Å². The number of anilines is 2. The van der Waals surface area contributed by atoms with Gasteiger partial charge in [-0.2, -0.15) is 0 Å². The van der Waals surface area contributed by atoms with Crippen LogP contribution < -0.4 is 10.2 Å². The zero-order chi connectivity index (χ0) is 13.2. The van der Waals surface area contributed by atoms with Gasteiger partial charge in [-0.05, 0) is 37.9 Å². The highest BCUT2D eigenvalue weighted by molar-refractivity contribution is 5.69. The van der Waals surface area contributed by atoms with Gasteiger partial charge in [0.2, 0.25) is 0 Å². The third-order valence-corrected chi connectivity index (χ3v) is 4.58. The Morgan fingerprint density at radius 2 is 1.95 bits per heavy atom. The van der Waals surface area contributed by atoms with E-state index >= 15 is 0 Å². The Morgan fingerprint density at radius 3 is 2.79 bits per heavy atom. The molecule has 19 heavy (non-hydrogen) atoms. The zero-order valence-corrected chi connectivity index (χ0v) is 12.1. The molecule has 0 bridgehead atoms. The van der Waals surface area contributed by atoms with Crippen molar-refractivity contribution >= 4 is 11.4 Å². The molecular weight excluding hydrogens is 234 g/mol. The van der Waals surface area contributed by atoms with E-state index in [0.29, 0.717) is 6.04 Å². The topological polar surface area (TPSA) is 18.5 Å². The fraction of sp³-hybridized carbons (Fsp3) is 0.625. The minimum absolute atomic E-state index is 0.626. The number of nitrogens with one attached hydrogen (secondary N) is 1. The van der Waals surface area contributed by atoms with Gasteiger partial charge in [-0.15, -0.1) is 0 Å². The molecule has 3 heteroatoms. The van der Waals surface area contributed by atoms with Gasteiger partial charge in [0, 0.05) is 32.7 Å². The maximum absolute atomic E-state index is 3.81. The zero-order valence-electron chi connectivity index (χ0n) is 12.1. The van der Waals surface area contributed by atoms with Crippen LogP contribution in [-0.4, -0.2) is 44.2 Å². The van der Waals surface area contributed by atoms with Crippen LogP contribution >= 0.6 is 0 Å². The lowest BCUT2D eigenvalue weighted by Gasteiger charge is -2.33. The Morgan fingerprint density at radius 1 is 1.11 bits per heavy atom. The number of rotatable bonds is 3. The fourth-order valence-corrected chi connectivity index (χ4v) is 3.60. The number of nitrogens with zero attached hydrogens (tertiary/aromatic N) is 2. The summed E-state index contributed by atoms with van der Waals surface area (Å²) in [6.07, 6.45) is 5.43. The molecule has 2 aliphatic rings. The highest BCUT2D eigenvalue weighted by atomic mass is 15.2. The van der Waals surface area contributed by atoms with E-state index in [9.17, 15) is 0 Å². The van der Waals surface area contributed by atoms with Gasteiger partial charge in [0.1, 0.15) is 0 Å². The van der Waals surface area contributed by atoms with Crippen molar-refractivity contribution in [1.82, 2.24) is 4.90 Å². The minimum atomic E-state index is 0.626. The van der Waals surface area contributed by atoms with E-state index in [-0.39, 0.29) is 0 Å². The molecule has 0 saturated carbocycles. The number of hydrogen-bond donors (Lipinski definition) is 1. The lowest BCUT2D eigenvalue weighted by molar-refractivity contribution is 0.193. The summed E-state index contributed by atoms with van der Waals surface area (Å²) in [7, 11) is 4.23. The van der Waals surface area contributed by atoms with Crippen molar-refractivity contribution in [3.8, 4) is 0 Å². The number of piperidine rings is 1. The van der Waals surface area contributed by atoms with Gasteiger partial charge in [0.05, 0.1) is 11.4 Å². The molecule has 2 saturated heterocycles. The molecule has 0 aromatic heterocycles. The first-order valence-electron chi connectivity index (χ1n) is 7.52. The quantitative estimate of drug-likeness (QED) is 0.900. The third kappa shape index (κ3) is 2.57. The third-order valence-electron chi connectivity index (χ3n) is 4.58. The summed E-state index contributed by atoms with van der Waals surface area (Å²) in [4.78, 5) is 4.87. The standard InChI is InChI=1S/C16H25N3/c1-18(2)15-8-4-3-7-13(15)17-14-10-12-19-11-6-5-9-16(14)19/h3-4,7-8,14,16-17H,5-6,9-12H2,1-2H3.